The number of thiophene rings is 1. The summed E-state index contributed by atoms with van der Waals surface area (Å²) in [7, 11) is -3.62. The molecule has 0 bridgehead atoms. The molecule has 0 aliphatic carbocycles. The lowest BCUT2D eigenvalue weighted by atomic mass is 10.1. The van der Waals surface area contributed by atoms with Gasteiger partial charge in [0.25, 0.3) is 21.5 Å². The highest BCUT2D eigenvalue weighted by molar-refractivity contribution is 7.91. The molecule has 1 saturated heterocycles. The molecule has 0 atom stereocenters. The summed E-state index contributed by atoms with van der Waals surface area (Å²) < 4.78 is 27.3. The molecule has 10 heteroatoms. The summed E-state index contributed by atoms with van der Waals surface area (Å²) >= 11 is 6.86. The van der Waals surface area contributed by atoms with Gasteiger partial charge in [0, 0.05) is 31.6 Å². The zero-order valence-corrected chi connectivity index (χ0v) is 17.0. The van der Waals surface area contributed by atoms with Crippen molar-refractivity contribution in [3.05, 3.63) is 62.8 Å². The predicted octanol–water partition coefficient (Wildman–Crippen LogP) is 2.39. The maximum absolute atomic E-state index is 12.8. The van der Waals surface area contributed by atoms with Crippen molar-refractivity contribution >= 4 is 49.6 Å². The highest BCUT2D eigenvalue weighted by Crippen LogP contribution is 2.28. The molecule has 28 heavy (non-hydrogen) atoms. The van der Waals surface area contributed by atoms with E-state index in [1.165, 1.54) is 10.4 Å². The van der Waals surface area contributed by atoms with Crippen LogP contribution in [0.4, 0.5) is 0 Å². The molecular formula is C18H16ClN3O4S2. The number of carbonyl (C=O) groups is 1. The van der Waals surface area contributed by atoms with E-state index in [0.29, 0.717) is 15.1 Å². The standard InChI is InChI=1S/C18H16ClN3O4S2/c19-15-5-6-16(27-15)28(25,26)22-9-7-21(8-10-22)18(24)14-11-12-3-1-2-4-13(12)17(23)20-14/h1-6,11H,7-10H2,(H,20,23). The molecule has 2 aromatic heterocycles. The second-order valence-electron chi connectivity index (χ2n) is 6.35. The number of halogens is 1. The molecule has 1 amide bonds. The number of aromatic amines is 1. The van der Waals surface area contributed by atoms with Crippen LogP contribution in [0, 0.1) is 0 Å². The van der Waals surface area contributed by atoms with Gasteiger partial charge in [-0.15, -0.1) is 11.3 Å². The number of aromatic nitrogens is 1. The number of benzene rings is 1. The van der Waals surface area contributed by atoms with E-state index >= 15 is 0 Å². The van der Waals surface area contributed by atoms with Gasteiger partial charge in [0.05, 0.1) is 4.34 Å². The van der Waals surface area contributed by atoms with Crippen molar-refractivity contribution in [3.8, 4) is 0 Å². The fourth-order valence-corrected chi connectivity index (χ4v) is 6.25. The summed E-state index contributed by atoms with van der Waals surface area (Å²) in [5.74, 6) is -0.320. The van der Waals surface area contributed by atoms with Gasteiger partial charge in [-0.1, -0.05) is 29.8 Å². The molecule has 146 valence electrons. The van der Waals surface area contributed by atoms with E-state index in [4.69, 9.17) is 11.6 Å². The first-order chi connectivity index (χ1) is 13.4. The molecule has 1 aliphatic rings. The van der Waals surface area contributed by atoms with Crippen LogP contribution < -0.4 is 5.56 Å². The predicted molar refractivity (Wildman–Crippen MR) is 109 cm³/mol. The van der Waals surface area contributed by atoms with Crippen LogP contribution in [0.15, 0.2) is 51.5 Å². The van der Waals surface area contributed by atoms with E-state index in [0.717, 1.165) is 11.3 Å². The first kappa shape index (κ1) is 19.1. The molecule has 1 N–H and O–H groups in total. The van der Waals surface area contributed by atoms with Gasteiger partial charge in [-0.3, -0.25) is 9.59 Å². The van der Waals surface area contributed by atoms with Gasteiger partial charge in [0.2, 0.25) is 0 Å². The molecule has 7 nitrogen and oxygen atoms in total. The number of rotatable bonds is 3. The Kier molecular flexibility index (Phi) is 5.00. The minimum atomic E-state index is -3.62. The second-order valence-corrected chi connectivity index (χ2v) is 10.2. The second kappa shape index (κ2) is 7.32. The first-order valence-corrected chi connectivity index (χ1v) is 11.2. The van der Waals surface area contributed by atoms with Gasteiger partial charge in [-0.2, -0.15) is 4.31 Å². The van der Waals surface area contributed by atoms with Crippen LogP contribution in [0.3, 0.4) is 0 Å². The smallest absolute Gasteiger partial charge is 0.270 e. The summed E-state index contributed by atoms with van der Waals surface area (Å²) in [5.41, 5.74) is -0.123. The highest BCUT2D eigenvalue weighted by atomic mass is 35.5. The van der Waals surface area contributed by atoms with Crippen molar-refractivity contribution in [1.29, 1.82) is 0 Å². The van der Waals surface area contributed by atoms with Crippen LogP contribution in [-0.2, 0) is 10.0 Å². The fraction of sp³-hybridized carbons (Fsp3) is 0.222. The quantitative estimate of drug-likeness (QED) is 0.681. The minimum Gasteiger partial charge on any atom is -0.335 e. The van der Waals surface area contributed by atoms with Crippen LogP contribution in [0.2, 0.25) is 4.34 Å². The van der Waals surface area contributed by atoms with E-state index in [1.807, 2.05) is 0 Å². The molecule has 0 unspecified atom stereocenters. The SMILES string of the molecule is O=C(c1cc2ccccc2c(=O)[nH]1)N1CCN(S(=O)(=O)c2ccc(Cl)s2)CC1. The van der Waals surface area contributed by atoms with Gasteiger partial charge < -0.3 is 9.88 Å². The lowest BCUT2D eigenvalue weighted by Gasteiger charge is -2.33. The van der Waals surface area contributed by atoms with Crippen molar-refractivity contribution < 1.29 is 13.2 Å². The Balaban J connectivity index is 1.51. The van der Waals surface area contributed by atoms with Crippen LogP contribution in [0.5, 0.6) is 0 Å². The Morgan fingerprint density at radius 3 is 2.46 bits per heavy atom. The third-order valence-electron chi connectivity index (χ3n) is 4.65. The van der Waals surface area contributed by atoms with E-state index in [-0.39, 0.29) is 47.5 Å². The summed E-state index contributed by atoms with van der Waals surface area (Å²) in [6.07, 6.45) is 0. The molecule has 4 rings (SSSR count). The normalized spacial score (nSPS) is 15.8. The van der Waals surface area contributed by atoms with E-state index in [9.17, 15) is 18.0 Å². The van der Waals surface area contributed by atoms with Gasteiger partial charge in [0.1, 0.15) is 9.90 Å². The Labute approximate surface area is 170 Å². The molecule has 1 aromatic carbocycles. The zero-order chi connectivity index (χ0) is 19.9. The Morgan fingerprint density at radius 2 is 1.79 bits per heavy atom. The van der Waals surface area contributed by atoms with Gasteiger partial charge in [-0.25, -0.2) is 8.42 Å². The number of carbonyl (C=O) groups excluding carboxylic acids is 1. The Bertz CT molecular complexity index is 1210. The topological polar surface area (TPSA) is 90.6 Å². The Hall–Kier alpha value is -2.20. The van der Waals surface area contributed by atoms with Crippen LogP contribution in [0.25, 0.3) is 10.8 Å². The number of amides is 1. The number of piperazine rings is 1. The largest absolute Gasteiger partial charge is 0.335 e. The number of pyridine rings is 1. The van der Waals surface area contributed by atoms with E-state index < -0.39 is 10.0 Å². The maximum atomic E-state index is 12.8. The summed E-state index contributed by atoms with van der Waals surface area (Å²) in [6.45, 7) is 0.848. The summed E-state index contributed by atoms with van der Waals surface area (Å²) in [5, 5.41) is 1.20. The zero-order valence-electron chi connectivity index (χ0n) is 14.6. The molecule has 3 aromatic rings. The van der Waals surface area contributed by atoms with Crippen molar-refractivity contribution in [2.75, 3.05) is 26.2 Å². The lowest BCUT2D eigenvalue weighted by Crippen LogP contribution is -2.50. The number of fused-ring (bicyclic) bond motifs is 1. The fourth-order valence-electron chi connectivity index (χ4n) is 3.19. The van der Waals surface area contributed by atoms with Crippen LogP contribution in [-0.4, -0.2) is 54.7 Å². The van der Waals surface area contributed by atoms with Crippen molar-refractivity contribution in [2.45, 2.75) is 4.21 Å². The molecular weight excluding hydrogens is 422 g/mol. The average Bonchev–Trinajstić information content (AvgIpc) is 3.15. The van der Waals surface area contributed by atoms with E-state index in [1.54, 1.807) is 41.3 Å². The molecule has 1 fully saturated rings. The first-order valence-electron chi connectivity index (χ1n) is 8.53. The maximum Gasteiger partial charge on any atom is 0.270 e. The molecule has 3 heterocycles. The number of nitrogens with one attached hydrogen (secondary N) is 1. The average molecular weight is 438 g/mol. The monoisotopic (exact) mass is 437 g/mol. The number of nitrogens with zero attached hydrogens (tertiary/aromatic N) is 2. The molecule has 0 saturated carbocycles. The van der Waals surface area contributed by atoms with Crippen LogP contribution >= 0.6 is 22.9 Å². The number of H-pyrrole nitrogens is 1. The van der Waals surface area contributed by atoms with Gasteiger partial charge in [-0.05, 0) is 29.7 Å². The minimum absolute atomic E-state index is 0.182. The number of sulfonamides is 1. The van der Waals surface area contributed by atoms with Gasteiger partial charge >= 0.3 is 0 Å². The van der Waals surface area contributed by atoms with Crippen LogP contribution in [0.1, 0.15) is 10.5 Å². The highest BCUT2D eigenvalue weighted by Gasteiger charge is 2.31. The summed E-state index contributed by atoms with van der Waals surface area (Å²) in [6, 6.07) is 11.7. The molecule has 0 radical (unpaired) electrons. The van der Waals surface area contributed by atoms with E-state index in [2.05, 4.69) is 4.98 Å². The third-order valence-corrected chi connectivity index (χ3v) is 8.25. The van der Waals surface area contributed by atoms with Crippen molar-refractivity contribution in [3.63, 3.8) is 0 Å². The number of hydrogen-bond donors (Lipinski definition) is 1. The molecule has 0 spiro atoms. The molecule has 1 aliphatic heterocycles. The van der Waals surface area contributed by atoms with Gasteiger partial charge in [0.15, 0.2) is 0 Å². The lowest BCUT2D eigenvalue weighted by molar-refractivity contribution is 0.0692. The van der Waals surface area contributed by atoms with Crippen molar-refractivity contribution in [2.24, 2.45) is 0 Å². The van der Waals surface area contributed by atoms with Crippen molar-refractivity contribution in [1.82, 2.24) is 14.2 Å². The summed E-state index contributed by atoms with van der Waals surface area (Å²) in [4.78, 5) is 29.2. The Morgan fingerprint density at radius 1 is 1.07 bits per heavy atom. The third kappa shape index (κ3) is 3.46. The number of hydrogen-bond acceptors (Lipinski definition) is 5.